The molecule has 18 heavy (non-hydrogen) atoms. The van der Waals surface area contributed by atoms with Crippen LogP contribution in [0.2, 0.25) is 0 Å². The van der Waals surface area contributed by atoms with E-state index in [0.29, 0.717) is 0 Å². The fraction of sp³-hybridized carbons (Fsp3) is 0.750. The quantitative estimate of drug-likeness (QED) is 0.265. The summed E-state index contributed by atoms with van der Waals surface area (Å²) in [7, 11) is 0. The Morgan fingerprint density at radius 2 is 1.61 bits per heavy atom. The van der Waals surface area contributed by atoms with E-state index in [1.807, 2.05) is 13.0 Å². The summed E-state index contributed by atoms with van der Waals surface area (Å²) in [6.45, 7) is 6.68. The maximum Gasteiger partial charge on any atom is 0.0873 e. The number of unbranched alkanes of at least 4 members (excludes halogenated alkanes) is 5. The van der Waals surface area contributed by atoms with E-state index < -0.39 is 0 Å². The summed E-state index contributed by atoms with van der Waals surface area (Å²) in [5.74, 6) is 0. The average Bonchev–Trinajstić information content (AvgIpc) is 2.39. The lowest BCUT2D eigenvalue weighted by Crippen LogP contribution is -1.95. The SMILES string of the molecule is CC=COCCCCCCCOCC=CCCC. The van der Waals surface area contributed by atoms with Crippen LogP contribution in [0.25, 0.3) is 0 Å². The molecule has 0 aliphatic carbocycles. The van der Waals surface area contributed by atoms with Gasteiger partial charge in [-0.1, -0.05) is 50.8 Å². The van der Waals surface area contributed by atoms with Crippen molar-refractivity contribution in [1.29, 1.82) is 0 Å². The Labute approximate surface area is 113 Å². The van der Waals surface area contributed by atoms with Gasteiger partial charge in [-0.3, -0.25) is 0 Å². The summed E-state index contributed by atoms with van der Waals surface area (Å²) in [4.78, 5) is 0. The molecule has 0 radical (unpaired) electrons. The maximum absolute atomic E-state index is 5.52. The van der Waals surface area contributed by atoms with Crippen LogP contribution in [0.1, 0.15) is 58.8 Å². The van der Waals surface area contributed by atoms with Crippen LogP contribution in [-0.2, 0) is 9.47 Å². The number of rotatable bonds is 13. The lowest BCUT2D eigenvalue weighted by molar-refractivity contribution is 0.156. The van der Waals surface area contributed by atoms with E-state index in [2.05, 4.69) is 19.1 Å². The molecule has 0 aliphatic heterocycles. The van der Waals surface area contributed by atoms with Gasteiger partial charge in [0.2, 0.25) is 0 Å². The average molecular weight is 254 g/mol. The van der Waals surface area contributed by atoms with Gasteiger partial charge in [-0.25, -0.2) is 0 Å². The lowest BCUT2D eigenvalue weighted by atomic mass is 10.1. The fourth-order valence-electron chi connectivity index (χ4n) is 1.59. The summed E-state index contributed by atoms with van der Waals surface area (Å²) in [5.41, 5.74) is 0. The second-order valence-electron chi connectivity index (χ2n) is 4.44. The molecule has 0 saturated carbocycles. The third-order valence-corrected chi connectivity index (χ3v) is 2.62. The first-order valence-electron chi connectivity index (χ1n) is 7.37. The predicted octanol–water partition coefficient (Wildman–Crippen LogP) is 4.86. The van der Waals surface area contributed by atoms with Crippen LogP contribution in [0.5, 0.6) is 0 Å². The Kier molecular flexibility index (Phi) is 15.6. The molecule has 0 aromatic rings. The monoisotopic (exact) mass is 254 g/mol. The smallest absolute Gasteiger partial charge is 0.0873 e. The number of hydrogen-bond donors (Lipinski definition) is 0. The first kappa shape index (κ1) is 17.2. The molecule has 0 heterocycles. The van der Waals surface area contributed by atoms with Crippen molar-refractivity contribution in [3.05, 3.63) is 24.5 Å². The molecular weight excluding hydrogens is 224 g/mol. The molecular formula is C16H30O2. The summed E-state index contributed by atoms with van der Waals surface area (Å²) in [5, 5.41) is 0. The van der Waals surface area contributed by atoms with Crippen LogP contribution in [0.15, 0.2) is 24.5 Å². The van der Waals surface area contributed by atoms with Crippen LogP contribution >= 0.6 is 0 Å². The zero-order valence-corrected chi connectivity index (χ0v) is 12.2. The van der Waals surface area contributed by atoms with Crippen LogP contribution in [0.4, 0.5) is 0 Å². The molecule has 0 aromatic heterocycles. The zero-order chi connectivity index (χ0) is 13.3. The van der Waals surface area contributed by atoms with E-state index in [1.165, 1.54) is 38.5 Å². The highest BCUT2D eigenvalue weighted by molar-refractivity contribution is 4.80. The number of allylic oxidation sites excluding steroid dienone is 2. The molecule has 0 atom stereocenters. The summed E-state index contributed by atoms with van der Waals surface area (Å²) in [6, 6.07) is 0. The van der Waals surface area contributed by atoms with Crippen LogP contribution in [-0.4, -0.2) is 19.8 Å². The minimum absolute atomic E-state index is 0.775. The van der Waals surface area contributed by atoms with Gasteiger partial charge >= 0.3 is 0 Å². The molecule has 0 N–H and O–H groups in total. The van der Waals surface area contributed by atoms with Gasteiger partial charge in [0, 0.05) is 6.61 Å². The van der Waals surface area contributed by atoms with E-state index >= 15 is 0 Å². The molecule has 0 fully saturated rings. The Morgan fingerprint density at radius 1 is 0.889 bits per heavy atom. The first-order valence-corrected chi connectivity index (χ1v) is 7.37. The highest BCUT2D eigenvalue weighted by Crippen LogP contribution is 2.03. The van der Waals surface area contributed by atoms with E-state index in [0.717, 1.165) is 26.2 Å². The van der Waals surface area contributed by atoms with Crippen molar-refractivity contribution < 1.29 is 9.47 Å². The van der Waals surface area contributed by atoms with Gasteiger partial charge in [0.15, 0.2) is 0 Å². The summed E-state index contributed by atoms with van der Waals surface area (Å²) >= 11 is 0. The number of ether oxygens (including phenoxy) is 2. The second kappa shape index (κ2) is 16.2. The van der Waals surface area contributed by atoms with E-state index in [9.17, 15) is 0 Å². The van der Waals surface area contributed by atoms with E-state index in [4.69, 9.17) is 9.47 Å². The van der Waals surface area contributed by atoms with Crippen molar-refractivity contribution in [1.82, 2.24) is 0 Å². The summed E-state index contributed by atoms with van der Waals surface area (Å²) < 4.78 is 10.8. The third-order valence-electron chi connectivity index (χ3n) is 2.62. The van der Waals surface area contributed by atoms with Gasteiger partial charge in [-0.05, 0) is 26.2 Å². The zero-order valence-electron chi connectivity index (χ0n) is 12.2. The minimum atomic E-state index is 0.775. The van der Waals surface area contributed by atoms with Gasteiger partial charge in [0.25, 0.3) is 0 Å². The molecule has 0 unspecified atom stereocenters. The van der Waals surface area contributed by atoms with Gasteiger partial charge in [-0.2, -0.15) is 0 Å². The van der Waals surface area contributed by atoms with Gasteiger partial charge < -0.3 is 9.47 Å². The molecule has 0 aliphatic rings. The highest BCUT2D eigenvalue weighted by atomic mass is 16.5. The van der Waals surface area contributed by atoms with Crippen LogP contribution in [0, 0.1) is 0 Å². The molecule has 0 spiro atoms. The first-order chi connectivity index (χ1) is 8.91. The Hall–Kier alpha value is -0.760. The van der Waals surface area contributed by atoms with Crippen molar-refractivity contribution in [2.45, 2.75) is 58.8 Å². The second-order valence-corrected chi connectivity index (χ2v) is 4.44. The highest BCUT2D eigenvalue weighted by Gasteiger charge is 1.91. The van der Waals surface area contributed by atoms with Crippen molar-refractivity contribution in [3.8, 4) is 0 Å². The Morgan fingerprint density at radius 3 is 2.33 bits per heavy atom. The Balaban J connectivity index is 2.98. The normalized spacial score (nSPS) is 11.7. The predicted molar refractivity (Wildman–Crippen MR) is 78.7 cm³/mol. The minimum Gasteiger partial charge on any atom is -0.502 e. The molecule has 106 valence electrons. The maximum atomic E-state index is 5.52. The van der Waals surface area contributed by atoms with Crippen molar-refractivity contribution >= 4 is 0 Å². The molecule has 0 aromatic carbocycles. The molecule has 0 bridgehead atoms. The molecule has 2 heteroatoms. The number of hydrogen-bond acceptors (Lipinski definition) is 2. The molecule has 0 rings (SSSR count). The van der Waals surface area contributed by atoms with Crippen LogP contribution in [0.3, 0.4) is 0 Å². The lowest BCUT2D eigenvalue weighted by Gasteiger charge is -2.02. The van der Waals surface area contributed by atoms with Gasteiger partial charge in [0.05, 0.1) is 19.5 Å². The van der Waals surface area contributed by atoms with Crippen molar-refractivity contribution in [2.24, 2.45) is 0 Å². The standard InChI is InChI=1S/C16H30O2/c1-3-5-6-10-15-18-16-12-9-7-8-11-14-17-13-4-2/h4,6,10,13H,3,5,7-9,11-12,14-16H2,1-2H3. The van der Waals surface area contributed by atoms with E-state index in [1.54, 1.807) is 6.26 Å². The van der Waals surface area contributed by atoms with Gasteiger partial charge in [0.1, 0.15) is 0 Å². The topological polar surface area (TPSA) is 18.5 Å². The largest absolute Gasteiger partial charge is 0.502 e. The van der Waals surface area contributed by atoms with Gasteiger partial charge in [-0.15, -0.1) is 0 Å². The summed E-state index contributed by atoms with van der Waals surface area (Å²) in [6.07, 6.45) is 16.5. The molecule has 0 amide bonds. The van der Waals surface area contributed by atoms with Crippen LogP contribution < -0.4 is 0 Å². The van der Waals surface area contributed by atoms with Crippen molar-refractivity contribution in [2.75, 3.05) is 19.8 Å². The molecule has 2 nitrogen and oxygen atoms in total. The molecule has 0 saturated heterocycles. The van der Waals surface area contributed by atoms with Crippen molar-refractivity contribution in [3.63, 3.8) is 0 Å². The third kappa shape index (κ3) is 15.2. The fourth-order valence-corrected chi connectivity index (χ4v) is 1.59. The van der Waals surface area contributed by atoms with E-state index in [-0.39, 0.29) is 0 Å². The Bertz CT molecular complexity index is 197.